The number of nitriles is 1. The van der Waals surface area contributed by atoms with Crippen molar-refractivity contribution in [2.24, 2.45) is 5.92 Å². The maximum atomic E-state index is 11.9. The van der Waals surface area contributed by atoms with E-state index in [0.717, 1.165) is 28.0 Å². The van der Waals surface area contributed by atoms with Gasteiger partial charge in [0.1, 0.15) is 10.3 Å². The maximum Gasteiger partial charge on any atom is 0.251 e. The number of sulfonamides is 1. The van der Waals surface area contributed by atoms with Gasteiger partial charge >= 0.3 is 0 Å². The Balaban J connectivity index is 2.17. The lowest BCUT2D eigenvalue weighted by atomic mass is 10.2. The minimum atomic E-state index is -3.54. The zero-order valence-corrected chi connectivity index (χ0v) is 11.4. The van der Waals surface area contributed by atoms with Crippen LogP contribution >= 0.6 is 27.3 Å². The van der Waals surface area contributed by atoms with Crippen molar-refractivity contribution in [2.75, 3.05) is 0 Å². The molecule has 7 heteroatoms. The van der Waals surface area contributed by atoms with Gasteiger partial charge in [-0.15, -0.1) is 11.3 Å². The predicted molar refractivity (Wildman–Crippen MR) is 64.5 cm³/mol. The van der Waals surface area contributed by atoms with Gasteiger partial charge < -0.3 is 0 Å². The van der Waals surface area contributed by atoms with Crippen molar-refractivity contribution in [1.29, 1.82) is 5.26 Å². The summed E-state index contributed by atoms with van der Waals surface area (Å²) >= 11 is 4.35. The minimum absolute atomic E-state index is 0.183. The largest absolute Gasteiger partial charge is 0.251 e. The highest BCUT2D eigenvalue weighted by atomic mass is 79.9. The van der Waals surface area contributed by atoms with Crippen molar-refractivity contribution >= 4 is 37.3 Å². The second-order valence-electron chi connectivity index (χ2n) is 3.62. The van der Waals surface area contributed by atoms with Crippen LogP contribution in [0.4, 0.5) is 0 Å². The molecule has 1 fully saturated rings. The van der Waals surface area contributed by atoms with E-state index in [1.807, 2.05) is 6.07 Å². The number of nitrogens with zero attached hydrogens (tertiary/aromatic N) is 1. The highest BCUT2D eigenvalue weighted by molar-refractivity contribution is 9.11. The van der Waals surface area contributed by atoms with Crippen LogP contribution in [0, 0.1) is 17.2 Å². The van der Waals surface area contributed by atoms with Gasteiger partial charge in [0.15, 0.2) is 0 Å². The molecule has 2 rings (SSSR count). The van der Waals surface area contributed by atoms with Crippen molar-refractivity contribution in [1.82, 2.24) is 4.72 Å². The Bertz CT molecular complexity index is 528. The van der Waals surface area contributed by atoms with E-state index < -0.39 is 16.1 Å². The fourth-order valence-corrected chi connectivity index (χ4v) is 4.56. The average molecular weight is 321 g/mol. The smallest absolute Gasteiger partial charge is 0.206 e. The van der Waals surface area contributed by atoms with E-state index in [-0.39, 0.29) is 10.1 Å². The van der Waals surface area contributed by atoms with E-state index in [1.54, 1.807) is 6.07 Å². The van der Waals surface area contributed by atoms with Gasteiger partial charge in [-0.3, -0.25) is 0 Å². The van der Waals surface area contributed by atoms with E-state index in [2.05, 4.69) is 20.7 Å². The van der Waals surface area contributed by atoms with Crippen molar-refractivity contribution in [3.8, 4) is 6.07 Å². The van der Waals surface area contributed by atoms with Crippen molar-refractivity contribution < 1.29 is 8.42 Å². The number of thiophene rings is 1. The number of rotatable bonds is 4. The quantitative estimate of drug-likeness (QED) is 0.923. The first-order valence-electron chi connectivity index (χ1n) is 4.70. The first kappa shape index (κ1) is 12.0. The molecule has 16 heavy (non-hydrogen) atoms. The van der Waals surface area contributed by atoms with E-state index >= 15 is 0 Å². The molecule has 1 heterocycles. The van der Waals surface area contributed by atoms with E-state index in [1.165, 1.54) is 6.07 Å². The lowest BCUT2D eigenvalue weighted by Crippen LogP contribution is -2.34. The average Bonchev–Trinajstić information content (AvgIpc) is 2.97. The Labute approximate surface area is 106 Å². The monoisotopic (exact) mass is 320 g/mol. The number of hydrogen-bond donors (Lipinski definition) is 1. The summed E-state index contributed by atoms with van der Waals surface area (Å²) in [5.74, 6) is 0.183. The molecule has 1 N–H and O–H groups in total. The molecular weight excluding hydrogens is 312 g/mol. The number of hydrogen-bond acceptors (Lipinski definition) is 4. The molecule has 1 aromatic heterocycles. The van der Waals surface area contributed by atoms with Gasteiger partial charge in [0.2, 0.25) is 0 Å². The third-order valence-electron chi connectivity index (χ3n) is 2.33. The predicted octanol–water partition coefficient (Wildman–Crippen LogP) is 2.09. The second-order valence-corrected chi connectivity index (χ2v) is 8.03. The van der Waals surface area contributed by atoms with Crippen molar-refractivity contribution in [3.05, 3.63) is 15.9 Å². The van der Waals surface area contributed by atoms with E-state index in [9.17, 15) is 8.42 Å². The topological polar surface area (TPSA) is 70.0 Å². The fraction of sp³-hybridized carbons (Fsp3) is 0.444. The van der Waals surface area contributed by atoms with Gasteiger partial charge in [0.25, 0.3) is 10.0 Å². The Morgan fingerprint density at radius 2 is 2.25 bits per heavy atom. The molecule has 1 aliphatic rings. The standard InChI is InChI=1S/C9H9BrN2O2S2/c10-8-3-4-9(15-8)16(13,14)12-7(5-11)6-1-2-6/h3-4,6-7,12H,1-2H2. The first-order valence-corrected chi connectivity index (χ1v) is 7.79. The molecule has 0 radical (unpaired) electrons. The van der Waals surface area contributed by atoms with Crippen LogP contribution in [0.5, 0.6) is 0 Å². The van der Waals surface area contributed by atoms with Crippen LogP contribution < -0.4 is 4.72 Å². The van der Waals surface area contributed by atoms with E-state index in [4.69, 9.17) is 5.26 Å². The lowest BCUT2D eigenvalue weighted by molar-refractivity contribution is 0.562. The Morgan fingerprint density at radius 3 is 2.69 bits per heavy atom. The van der Waals surface area contributed by atoms with Gasteiger partial charge in [-0.05, 0) is 46.8 Å². The van der Waals surface area contributed by atoms with Crippen LogP contribution in [0.25, 0.3) is 0 Å². The molecule has 0 bridgehead atoms. The molecule has 1 saturated carbocycles. The van der Waals surface area contributed by atoms with Crippen molar-refractivity contribution in [3.63, 3.8) is 0 Å². The van der Waals surface area contributed by atoms with Gasteiger partial charge in [0, 0.05) is 0 Å². The normalized spacial score (nSPS) is 18.0. The molecule has 0 saturated heterocycles. The summed E-state index contributed by atoms with van der Waals surface area (Å²) in [5, 5.41) is 8.87. The summed E-state index contributed by atoms with van der Waals surface area (Å²) in [6.07, 6.45) is 1.85. The highest BCUT2D eigenvalue weighted by Crippen LogP contribution is 2.33. The zero-order chi connectivity index (χ0) is 11.8. The maximum absolute atomic E-state index is 11.9. The Morgan fingerprint density at radius 1 is 1.56 bits per heavy atom. The summed E-state index contributed by atoms with van der Waals surface area (Å²) in [5.41, 5.74) is 0. The molecule has 1 unspecified atom stereocenters. The van der Waals surface area contributed by atoms with Gasteiger partial charge in [0.05, 0.1) is 9.86 Å². The molecule has 0 spiro atoms. The Hall–Kier alpha value is -0.420. The highest BCUT2D eigenvalue weighted by Gasteiger charge is 2.34. The molecule has 1 aliphatic carbocycles. The molecule has 0 amide bonds. The third kappa shape index (κ3) is 2.63. The molecule has 0 aliphatic heterocycles. The lowest BCUT2D eigenvalue weighted by Gasteiger charge is -2.09. The van der Waals surface area contributed by atoms with Crippen molar-refractivity contribution in [2.45, 2.75) is 23.1 Å². The SMILES string of the molecule is N#CC(NS(=O)(=O)c1ccc(Br)s1)C1CC1. The summed E-state index contributed by atoms with van der Waals surface area (Å²) < 4.78 is 27.2. The zero-order valence-electron chi connectivity index (χ0n) is 8.18. The third-order valence-corrected chi connectivity index (χ3v) is 5.88. The molecule has 4 nitrogen and oxygen atoms in total. The first-order chi connectivity index (χ1) is 7.53. The second kappa shape index (κ2) is 4.45. The summed E-state index contributed by atoms with van der Waals surface area (Å²) in [7, 11) is -3.54. The molecule has 86 valence electrons. The van der Waals surface area contributed by atoms with Crippen LogP contribution in [0.15, 0.2) is 20.1 Å². The van der Waals surface area contributed by atoms with Crippen LogP contribution in [0.1, 0.15) is 12.8 Å². The van der Waals surface area contributed by atoms with Crippen LogP contribution in [0.2, 0.25) is 0 Å². The number of halogens is 1. The van der Waals surface area contributed by atoms with Gasteiger partial charge in [-0.1, -0.05) is 0 Å². The molecule has 1 atom stereocenters. The van der Waals surface area contributed by atoms with Crippen LogP contribution in [0.3, 0.4) is 0 Å². The van der Waals surface area contributed by atoms with Crippen LogP contribution in [-0.2, 0) is 10.0 Å². The van der Waals surface area contributed by atoms with Gasteiger partial charge in [-0.25, -0.2) is 8.42 Å². The fourth-order valence-electron chi connectivity index (χ4n) is 1.32. The van der Waals surface area contributed by atoms with Crippen LogP contribution in [-0.4, -0.2) is 14.5 Å². The summed E-state index contributed by atoms with van der Waals surface area (Å²) in [4.78, 5) is 0. The molecule has 0 aromatic carbocycles. The van der Waals surface area contributed by atoms with E-state index in [0.29, 0.717) is 0 Å². The molecule has 1 aromatic rings. The summed E-state index contributed by atoms with van der Waals surface area (Å²) in [6, 6.07) is 4.61. The number of nitrogens with one attached hydrogen (secondary N) is 1. The molecular formula is C9H9BrN2O2S2. The Kier molecular flexibility index (Phi) is 3.35. The van der Waals surface area contributed by atoms with Gasteiger partial charge in [-0.2, -0.15) is 9.98 Å². The summed E-state index contributed by atoms with van der Waals surface area (Å²) in [6.45, 7) is 0. The minimum Gasteiger partial charge on any atom is -0.206 e.